The lowest BCUT2D eigenvalue weighted by atomic mass is 10.00. The molecule has 1 aliphatic heterocycles. The van der Waals surface area contributed by atoms with Gasteiger partial charge in [0, 0.05) is 18.8 Å². The SMILES string of the molecule is CC1CCN(C(=O)Nc2ccc(OC(F)(F)F)cc2)CC1. The molecule has 1 saturated heterocycles. The number of ether oxygens (including phenoxy) is 1. The summed E-state index contributed by atoms with van der Waals surface area (Å²) in [7, 11) is 0. The number of piperidine rings is 1. The Bertz CT molecular complexity index is 480. The number of halogens is 3. The van der Waals surface area contributed by atoms with E-state index in [4.69, 9.17) is 0 Å². The van der Waals surface area contributed by atoms with Crippen molar-refractivity contribution in [2.24, 2.45) is 5.92 Å². The Morgan fingerprint density at radius 3 is 2.33 bits per heavy atom. The highest BCUT2D eigenvalue weighted by Crippen LogP contribution is 2.24. The van der Waals surface area contributed by atoms with Crippen LogP contribution in [0.5, 0.6) is 5.75 Å². The molecule has 0 radical (unpaired) electrons. The number of nitrogens with zero attached hydrogens (tertiary/aromatic N) is 1. The predicted octanol–water partition coefficient (Wildman–Crippen LogP) is 3.85. The molecule has 0 atom stereocenters. The molecule has 1 fully saturated rings. The number of nitrogens with one attached hydrogen (secondary N) is 1. The maximum absolute atomic E-state index is 12.0. The smallest absolute Gasteiger partial charge is 0.406 e. The minimum Gasteiger partial charge on any atom is -0.406 e. The zero-order valence-electron chi connectivity index (χ0n) is 11.6. The number of hydrogen-bond acceptors (Lipinski definition) is 2. The van der Waals surface area contributed by atoms with Crippen LogP contribution < -0.4 is 10.1 Å². The zero-order valence-corrected chi connectivity index (χ0v) is 11.6. The van der Waals surface area contributed by atoms with Crippen LogP contribution in [0, 0.1) is 5.92 Å². The number of carbonyl (C=O) groups is 1. The average Bonchev–Trinajstić information content (AvgIpc) is 2.40. The van der Waals surface area contributed by atoms with Crippen LogP contribution in [0.2, 0.25) is 0 Å². The van der Waals surface area contributed by atoms with Crippen LogP contribution in [0.15, 0.2) is 24.3 Å². The summed E-state index contributed by atoms with van der Waals surface area (Å²) in [6.07, 6.45) is -2.78. The van der Waals surface area contributed by atoms with Gasteiger partial charge in [0.15, 0.2) is 0 Å². The Morgan fingerprint density at radius 1 is 1.24 bits per heavy atom. The van der Waals surface area contributed by atoms with Gasteiger partial charge in [-0.2, -0.15) is 0 Å². The molecule has 116 valence electrons. The molecular formula is C14H17F3N2O2. The van der Waals surface area contributed by atoms with E-state index >= 15 is 0 Å². The van der Waals surface area contributed by atoms with Crippen molar-refractivity contribution in [1.82, 2.24) is 4.90 Å². The monoisotopic (exact) mass is 302 g/mol. The van der Waals surface area contributed by atoms with E-state index in [9.17, 15) is 18.0 Å². The van der Waals surface area contributed by atoms with Crippen LogP contribution in [-0.2, 0) is 0 Å². The van der Waals surface area contributed by atoms with Gasteiger partial charge in [-0.3, -0.25) is 0 Å². The number of rotatable bonds is 2. The number of likely N-dealkylation sites (tertiary alicyclic amines) is 1. The highest BCUT2D eigenvalue weighted by Gasteiger charge is 2.31. The van der Waals surface area contributed by atoms with Crippen LogP contribution in [0.25, 0.3) is 0 Å². The number of hydrogen-bond donors (Lipinski definition) is 1. The van der Waals surface area contributed by atoms with Gasteiger partial charge >= 0.3 is 12.4 Å². The zero-order chi connectivity index (χ0) is 15.5. The van der Waals surface area contributed by atoms with E-state index < -0.39 is 6.36 Å². The fourth-order valence-electron chi connectivity index (χ4n) is 2.15. The third-order valence-corrected chi connectivity index (χ3v) is 3.41. The molecule has 4 nitrogen and oxygen atoms in total. The van der Waals surface area contributed by atoms with E-state index in [1.54, 1.807) is 4.90 Å². The molecule has 0 spiro atoms. The maximum atomic E-state index is 12.0. The minimum absolute atomic E-state index is 0.230. The summed E-state index contributed by atoms with van der Waals surface area (Å²) < 4.78 is 39.9. The second-order valence-corrected chi connectivity index (χ2v) is 5.17. The Morgan fingerprint density at radius 2 is 1.81 bits per heavy atom. The summed E-state index contributed by atoms with van der Waals surface area (Å²) in [5, 5.41) is 2.67. The quantitative estimate of drug-likeness (QED) is 0.901. The van der Waals surface area contributed by atoms with Crippen LogP contribution in [0.1, 0.15) is 19.8 Å². The molecule has 1 aromatic carbocycles. The van der Waals surface area contributed by atoms with Crippen molar-refractivity contribution in [3.8, 4) is 5.75 Å². The normalized spacial score (nSPS) is 16.7. The van der Waals surface area contributed by atoms with Gasteiger partial charge in [-0.1, -0.05) is 6.92 Å². The molecule has 0 unspecified atom stereocenters. The second-order valence-electron chi connectivity index (χ2n) is 5.17. The van der Waals surface area contributed by atoms with Crippen molar-refractivity contribution in [2.45, 2.75) is 26.1 Å². The Labute approximate surface area is 120 Å². The summed E-state index contributed by atoms with van der Waals surface area (Å²) in [6.45, 7) is 3.54. The molecule has 21 heavy (non-hydrogen) atoms. The van der Waals surface area contributed by atoms with Crippen molar-refractivity contribution in [3.63, 3.8) is 0 Å². The third-order valence-electron chi connectivity index (χ3n) is 3.41. The minimum atomic E-state index is -4.71. The highest BCUT2D eigenvalue weighted by molar-refractivity contribution is 5.89. The van der Waals surface area contributed by atoms with Crippen LogP contribution in [0.4, 0.5) is 23.7 Å². The summed E-state index contributed by atoms with van der Waals surface area (Å²) in [5.74, 6) is 0.306. The average molecular weight is 302 g/mol. The molecule has 0 aromatic heterocycles. The van der Waals surface area contributed by atoms with Gasteiger partial charge in [0.2, 0.25) is 0 Å². The molecule has 1 aromatic rings. The molecule has 7 heteroatoms. The summed E-state index contributed by atoms with van der Waals surface area (Å²) in [4.78, 5) is 13.7. The van der Waals surface area contributed by atoms with E-state index in [0.29, 0.717) is 24.7 Å². The molecule has 0 aliphatic carbocycles. The molecule has 2 amide bonds. The molecule has 1 N–H and O–H groups in total. The van der Waals surface area contributed by atoms with Crippen LogP contribution >= 0.6 is 0 Å². The van der Waals surface area contributed by atoms with Gasteiger partial charge < -0.3 is 15.0 Å². The molecule has 0 saturated carbocycles. The van der Waals surface area contributed by atoms with Crippen molar-refractivity contribution in [1.29, 1.82) is 0 Å². The summed E-state index contributed by atoms with van der Waals surface area (Å²) >= 11 is 0. The highest BCUT2D eigenvalue weighted by atomic mass is 19.4. The number of anilines is 1. The lowest BCUT2D eigenvalue weighted by Crippen LogP contribution is -2.40. The first-order chi connectivity index (χ1) is 9.83. The van der Waals surface area contributed by atoms with Crippen LogP contribution in [0.3, 0.4) is 0 Å². The topological polar surface area (TPSA) is 41.6 Å². The first kappa shape index (κ1) is 15.5. The Kier molecular flexibility index (Phi) is 4.59. The standard InChI is InChI=1S/C14H17F3N2O2/c1-10-6-8-19(9-7-10)13(20)18-11-2-4-12(5-3-11)21-14(15,16)17/h2-5,10H,6-9H2,1H3,(H,18,20). The van der Waals surface area contributed by atoms with Gasteiger partial charge in [0.1, 0.15) is 5.75 Å². The van der Waals surface area contributed by atoms with E-state index in [2.05, 4.69) is 17.0 Å². The Hall–Kier alpha value is -1.92. The number of urea groups is 1. The number of carbonyl (C=O) groups excluding carboxylic acids is 1. The molecular weight excluding hydrogens is 285 g/mol. The van der Waals surface area contributed by atoms with E-state index in [0.717, 1.165) is 12.8 Å². The largest absolute Gasteiger partial charge is 0.573 e. The molecule has 1 aliphatic rings. The van der Waals surface area contributed by atoms with Crippen molar-refractivity contribution >= 4 is 11.7 Å². The predicted molar refractivity (Wildman–Crippen MR) is 72.1 cm³/mol. The van der Waals surface area contributed by atoms with Gasteiger partial charge in [-0.05, 0) is 43.0 Å². The summed E-state index contributed by atoms with van der Waals surface area (Å²) in [5.41, 5.74) is 0.438. The lowest BCUT2D eigenvalue weighted by molar-refractivity contribution is -0.274. The van der Waals surface area contributed by atoms with Gasteiger partial charge in [0.05, 0.1) is 0 Å². The fourth-order valence-corrected chi connectivity index (χ4v) is 2.15. The molecule has 2 rings (SSSR count). The van der Waals surface area contributed by atoms with Gasteiger partial charge in [-0.15, -0.1) is 13.2 Å². The van der Waals surface area contributed by atoms with Gasteiger partial charge in [0.25, 0.3) is 0 Å². The summed E-state index contributed by atoms with van der Waals surface area (Å²) in [6, 6.07) is 4.87. The number of alkyl halides is 3. The lowest BCUT2D eigenvalue weighted by Gasteiger charge is -2.30. The van der Waals surface area contributed by atoms with Crippen molar-refractivity contribution in [3.05, 3.63) is 24.3 Å². The van der Waals surface area contributed by atoms with Crippen molar-refractivity contribution in [2.75, 3.05) is 18.4 Å². The van der Waals surface area contributed by atoms with Crippen molar-refractivity contribution < 1.29 is 22.7 Å². The first-order valence-electron chi connectivity index (χ1n) is 6.75. The van der Waals surface area contributed by atoms with E-state index in [1.807, 2.05) is 0 Å². The fraction of sp³-hybridized carbons (Fsp3) is 0.500. The first-order valence-corrected chi connectivity index (χ1v) is 6.75. The number of amides is 2. The maximum Gasteiger partial charge on any atom is 0.573 e. The van der Waals surface area contributed by atoms with E-state index in [1.165, 1.54) is 24.3 Å². The number of benzene rings is 1. The van der Waals surface area contributed by atoms with E-state index in [-0.39, 0.29) is 11.8 Å². The Balaban J connectivity index is 1.89. The molecule has 1 heterocycles. The van der Waals surface area contributed by atoms with Crippen LogP contribution in [-0.4, -0.2) is 30.4 Å². The molecule has 0 bridgehead atoms. The second kappa shape index (κ2) is 6.24. The van der Waals surface area contributed by atoms with Gasteiger partial charge in [-0.25, -0.2) is 4.79 Å². The third kappa shape index (κ3) is 4.84.